The number of benzene rings is 1. The Balaban J connectivity index is 2.05. The summed E-state index contributed by atoms with van der Waals surface area (Å²) in [6.45, 7) is 11.6. The SMILES string of the molecule is CCN(CC)CCOCCOc1cccc(C)c1. The summed E-state index contributed by atoms with van der Waals surface area (Å²) in [6.07, 6.45) is 0. The van der Waals surface area contributed by atoms with Gasteiger partial charge in [0.1, 0.15) is 12.4 Å². The van der Waals surface area contributed by atoms with Crippen LogP contribution in [0.5, 0.6) is 5.75 Å². The quantitative estimate of drug-likeness (QED) is 0.630. The van der Waals surface area contributed by atoms with Gasteiger partial charge >= 0.3 is 0 Å². The molecule has 1 aromatic carbocycles. The van der Waals surface area contributed by atoms with Crippen molar-refractivity contribution < 1.29 is 9.47 Å². The zero-order valence-electron chi connectivity index (χ0n) is 11.8. The predicted molar refractivity (Wildman–Crippen MR) is 75.3 cm³/mol. The van der Waals surface area contributed by atoms with Gasteiger partial charge in [-0.05, 0) is 37.7 Å². The van der Waals surface area contributed by atoms with Crippen LogP contribution in [0.25, 0.3) is 0 Å². The van der Waals surface area contributed by atoms with Crippen LogP contribution in [0, 0.1) is 6.92 Å². The normalized spacial score (nSPS) is 10.9. The molecule has 3 nitrogen and oxygen atoms in total. The van der Waals surface area contributed by atoms with Crippen molar-refractivity contribution in [1.82, 2.24) is 4.90 Å². The van der Waals surface area contributed by atoms with E-state index in [1.807, 2.05) is 18.2 Å². The van der Waals surface area contributed by atoms with Crippen LogP contribution >= 0.6 is 0 Å². The Morgan fingerprint density at radius 1 is 1.06 bits per heavy atom. The minimum Gasteiger partial charge on any atom is -0.491 e. The topological polar surface area (TPSA) is 21.7 Å². The van der Waals surface area contributed by atoms with E-state index in [1.54, 1.807) is 0 Å². The highest BCUT2D eigenvalue weighted by molar-refractivity contribution is 5.27. The Labute approximate surface area is 111 Å². The fraction of sp³-hybridized carbons (Fsp3) is 0.600. The van der Waals surface area contributed by atoms with Gasteiger partial charge in [-0.15, -0.1) is 0 Å². The first kappa shape index (κ1) is 15.0. The van der Waals surface area contributed by atoms with Gasteiger partial charge in [0.05, 0.1) is 13.2 Å². The van der Waals surface area contributed by atoms with Gasteiger partial charge in [0, 0.05) is 6.54 Å². The van der Waals surface area contributed by atoms with Crippen molar-refractivity contribution in [2.45, 2.75) is 20.8 Å². The van der Waals surface area contributed by atoms with Gasteiger partial charge in [0.2, 0.25) is 0 Å². The Kier molecular flexibility index (Phi) is 7.46. The molecule has 0 saturated carbocycles. The fourth-order valence-corrected chi connectivity index (χ4v) is 1.76. The molecule has 0 aliphatic rings. The van der Waals surface area contributed by atoms with Gasteiger partial charge in [-0.3, -0.25) is 0 Å². The molecule has 0 unspecified atom stereocenters. The number of aryl methyl sites for hydroxylation is 1. The standard InChI is InChI=1S/C15H25NO2/c1-4-16(5-2)9-10-17-11-12-18-15-8-6-7-14(3)13-15/h6-8,13H,4-5,9-12H2,1-3H3. The van der Waals surface area contributed by atoms with E-state index < -0.39 is 0 Å². The van der Waals surface area contributed by atoms with E-state index in [4.69, 9.17) is 9.47 Å². The monoisotopic (exact) mass is 251 g/mol. The minimum atomic E-state index is 0.613. The Bertz CT molecular complexity index is 324. The van der Waals surface area contributed by atoms with E-state index in [0.29, 0.717) is 13.2 Å². The molecule has 0 aliphatic carbocycles. The van der Waals surface area contributed by atoms with Gasteiger partial charge < -0.3 is 14.4 Å². The van der Waals surface area contributed by atoms with Gasteiger partial charge in [-0.25, -0.2) is 0 Å². The second kappa shape index (κ2) is 8.95. The molecule has 1 rings (SSSR count). The lowest BCUT2D eigenvalue weighted by molar-refractivity contribution is 0.0819. The maximum atomic E-state index is 5.61. The molecule has 3 heteroatoms. The van der Waals surface area contributed by atoms with E-state index >= 15 is 0 Å². The van der Waals surface area contributed by atoms with Crippen molar-refractivity contribution in [3.05, 3.63) is 29.8 Å². The molecule has 0 spiro atoms. The summed E-state index contributed by atoms with van der Waals surface area (Å²) >= 11 is 0. The van der Waals surface area contributed by atoms with Crippen LogP contribution in [0.4, 0.5) is 0 Å². The summed E-state index contributed by atoms with van der Waals surface area (Å²) in [6, 6.07) is 8.08. The highest BCUT2D eigenvalue weighted by Gasteiger charge is 1.98. The molecule has 0 saturated heterocycles. The van der Waals surface area contributed by atoms with Gasteiger partial charge in [-0.1, -0.05) is 26.0 Å². The van der Waals surface area contributed by atoms with Crippen molar-refractivity contribution in [3.8, 4) is 5.75 Å². The predicted octanol–water partition coefficient (Wildman–Crippen LogP) is 2.73. The summed E-state index contributed by atoms with van der Waals surface area (Å²) in [7, 11) is 0. The van der Waals surface area contributed by atoms with Gasteiger partial charge in [-0.2, -0.15) is 0 Å². The van der Waals surface area contributed by atoms with Crippen molar-refractivity contribution in [2.75, 3.05) is 39.5 Å². The first-order valence-corrected chi connectivity index (χ1v) is 6.75. The maximum Gasteiger partial charge on any atom is 0.119 e. The molecular formula is C15H25NO2. The molecule has 0 aromatic heterocycles. The largest absolute Gasteiger partial charge is 0.491 e. The number of hydrogen-bond acceptors (Lipinski definition) is 3. The van der Waals surface area contributed by atoms with Crippen LogP contribution in [0.3, 0.4) is 0 Å². The number of nitrogens with zero attached hydrogens (tertiary/aromatic N) is 1. The third-order valence-corrected chi connectivity index (χ3v) is 2.93. The van der Waals surface area contributed by atoms with Gasteiger partial charge in [0.25, 0.3) is 0 Å². The number of ether oxygens (including phenoxy) is 2. The molecule has 0 bridgehead atoms. The summed E-state index contributed by atoms with van der Waals surface area (Å²) in [5.41, 5.74) is 1.22. The molecule has 0 aliphatic heterocycles. The molecule has 1 aromatic rings. The van der Waals surface area contributed by atoms with Crippen molar-refractivity contribution in [2.24, 2.45) is 0 Å². The second-order valence-electron chi connectivity index (χ2n) is 4.30. The minimum absolute atomic E-state index is 0.613. The molecule has 18 heavy (non-hydrogen) atoms. The molecular weight excluding hydrogens is 226 g/mol. The zero-order valence-corrected chi connectivity index (χ0v) is 11.8. The van der Waals surface area contributed by atoms with Crippen LogP contribution in [0.15, 0.2) is 24.3 Å². The summed E-state index contributed by atoms with van der Waals surface area (Å²) < 4.78 is 11.2. The van der Waals surface area contributed by atoms with Crippen molar-refractivity contribution >= 4 is 0 Å². The summed E-state index contributed by atoms with van der Waals surface area (Å²) in [5.74, 6) is 0.919. The molecule has 0 amide bonds. The lowest BCUT2D eigenvalue weighted by Crippen LogP contribution is -2.27. The number of rotatable bonds is 9. The van der Waals surface area contributed by atoms with E-state index in [1.165, 1.54) is 5.56 Å². The molecule has 0 atom stereocenters. The fourth-order valence-electron chi connectivity index (χ4n) is 1.76. The highest BCUT2D eigenvalue weighted by Crippen LogP contribution is 2.11. The first-order chi connectivity index (χ1) is 8.76. The molecule has 0 fully saturated rings. The average Bonchev–Trinajstić information content (AvgIpc) is 2.38. The smallest absolute Gasteiger partial charge is 0.119 e. The van der Waals surface area contributed by atoms with E-state index in [0.717, 1.165) is 32.0 Å². The second-order valence-corrected chi connectivity index (χ2v) is 4.30. The molecule has 0 radical (unpaired) electrons. The van der Waals surface area contributed by atoms with E-state index in [9.17, 15) is 0 Å². The first-order valence-electron chi connectivity index (χ1n) is 6.75. The Morgan fingerprint density at radius 3 is 2.50 bits per heavy atom. The number of hydrogen-bond donors (Lipinski definition) is 0. The number of likely N-dealkylation sites (N-methyl/N-ethyl adjacent to an activating group) is 1. The zero-order chi connectivity index (χ0) is 13.2. The Hall–Kier alpha value is -1.06. The summed E-state index contributed by atoms with van der Waals surface area (Å²) in [5, 5.41) is 0. The van der Waals surface area contributed by atoms with Crippen LogP contribution in [-0.2, 0) is 4.74 Å². The highest BCUT2D eigenvalue weighted by atomic mass is 16.5. The maximum absolute atomic E-state index is 5.61. The van der Waals surface area contributed by atoms with Crippen LogP contribution in [0.2, 0.25) is 0 Å². The Morgan fingerprint density at radius 2 is 1.83 bits per heavy atom. The van der Waals surface area contributed by atoms with E-state index in [2.05, 4.69) is 31.7 Å². The van der Waals surface area contributed by atoms with Crippen LogP contribution in [0.1, 0.15) is 19.4 Å². The van der Waals surface area contributed by atoms with E-state index in [-0.39, 0.29) is 0 Å². The van der Waals surface area contributed by atoms with Gasteiger partial charge in [0.15, 0.2) is 0 Å². The lowest BCUT2D eigenvalue weighted by atomic mass is 10.2. The third kappa shape index (κ3) is 6.03. The average molecular weight is 251 g/mol. The molecule has 0 heterocycles. The van der Waals surface area contributed by atoms with Crippen molar-refractivity contribution in [1.29, 1.82) is 0 Å². The van der Waals surface area contributed by atoms with Crippen molar-refractivity contribution in [3.63, 3.8) is 0 Å². The van der Waals surface area contributed by atoms with Crippen LogP contribution in [-0.4, -0.2) is 44.4 Å². The lowest BCUT2D eigenvalue weighted by Gasteiger charge is -2.17. The summed E-state index contributed by atoms with van der Waals surface area (Å²) in [4.78, 5) is 2.35. The van der Waals surface area contributed by atoms with Crippen LogP contribution < -0.4 is 4.74 Å². The molecule has 0 N–H and O–H groups in total. The molecule has 102 valence electrons. The third-order valence-electron chi connectivity index (χ3n) is 2.93.